The van der Waals surface area contributed by atoms with Crippen LogP contribution in [0.3, 0.4) is 0 Å². The van der Waals surface area contributed by atoms with Crippen LogP contribution in [0.5, 0.6) is 0 Å². The highest BCUT2D eigenvalue weighted by molar-refractivity contribution is 7.99. The fourth-order valence-electron chi connectivity index (χ4n) is 1.65. The predicted molar refractivity (Wildman–Crippen MR) is 85.8 cm³/mol. The van der Waals surface area contributed by atoms with Gasteiger partial charge in [-0.3, -0.25) is 20.8 Å². The van der Waals surface area contributed by atoms with Gasteiger partial charge < -0.3 is 10.7 Å². The second-order valence-electron chi connectivity index (χ2n) is 4.29. The summed E-state index contributed by atoms with van der Waals surface area (Å²) in [6, 6.07) is 2.45. The number of nitro benzene ring substituents is 1. The van der Waals surface area contributed by atoms with Crippen LogP contribution in [0.1, 0.15) is 24.2 Å². The molecule has 0 heterocycles. The van der Waals surface area contributed by atoms with Crippen molar-refractivity contribution < 1.29 is 9.72 Å². The zero-order valence-electron chi connectivity index (χ0n) is 11.7. The Morgan fingerprint density at radius 3 is 2.76 bits per heavy atom. The summed E-state index contributed by atoms with van der Waals surface area (Å²) in [4.78, 5) is 22.4. The monoisotopic (exact) mass is 332 g/mol. The maximum Gasteiger partial charge on any atom is 0.295 e. The van der Waals surface area contributed by atoms with Gasteiger partial charge in [0.2, 0.25) is 0 Å². The third-order valence-electron chi connectivity index (χ3n) is 2.62. The number of rotatable bonds is 7. The Morgan fingerprint density at radius 2 is 2.24 bits per heavy atom. The average Bonchev–Trinajstić information content (AvgIpc) is 2.43. The lowest BCUT2D eigenvalue weighted by atomic mass is 10.1. The molecule has 1 amide bonds. The first kappa shape index (κ1) is 17.5. The van der Waals surface area contributed by atoms with Crippen molar-refractivity contribution in [2.24, 2.45) is 5.84 Å². The second kappa shape index (κ2) is 8.06. The third kappa shape index (κ3) is 4.76. The summed E-state index contributed by atoms with van der Waals surface area (Å²) in [6.07, 6.45) is 0. The lowest BCUT2D eigenvalue weighted by Gasteiger charge is -2.14. The highest BCUT2D eigenvalue weighted by Gasteiger charge is 2.21. The number of hydrogen-bond donors (Lipinski definition) is 3. The van der Waals surface area contributed by atoms with Gasteiger partial charge in [-0.15, -0.1) is 0 Å². The zero-order valence-corrected chi connectivity index (χ0v) is 13.3. The Labute approximate surface area is 131 Å². The lowest BCUT2D eigenvalue weighted by Crippen LogP contribution is -2.34. The number of benzene rings is 1. The van der Waals surface area contributed by atoms with Gasteiger partial charge in [0.25, 0.3) is 11.6 Å². The van der Waals surface area contributed by atoms with E-state index in [1.807, 2.05) is 13.8 Å². The standard InChI is InChI=1S/C12H17ClN4O3S/c1-3-21-6-7(2)15-12(18)8-4-9(13)11(16-14)10(5-8)17(19)20/h4-5,7,16H,3,6,14H2,1-2H3,(H,15,18). The van der Waals surface area contributed by atoms with Crippen molar-refractivity contribution in [1.29, 1.82) is 0 Å². The molecule has 0 aliphatic heterocycles. The number of hydrazine groups is 1. The van der Waals surface area contributed by atoms with E-state index in [2.05, 4.69) is 10.7 Å². The number of amides is 1. The summed E-state index contributed by atoms with van der Waals surface area (Å²) in [5.74, 6) is 6.52. The van der Waals surface area contributed by atoms with Crippen LogP contribution in [-0.4, -0.2) is 28.4 Å². The van der Waals surface area contributed by atoms with Crippen LogP contribution in [0.4, 0.5) is 11.4 Å². The van der Waals surface area contributed by atoms with Crippen LogP contribution >= 0.6 is 23.4 Å². The van der Waals surface area contributed by atoms with Crippen LogP contribution in [-0.2, 0) is 0 Å². The zero-order chi connectivity index (χ0) is 16.0. The number of carbonyl (C=O) groups excluding carboxylic acids is 1. The molecule has 21 heavy (non-hydrogen) atoms. The molecule has 1 aromatic carbocycles. The number of nitrogen functional groups attached to an aromatic ring is 1. The second-order valence-corrected chi connectivity index (χ2v) is 6.01. The van der Waals surface area contributed by atoms with E-state index >= 15 is 0 Å². The molecule has 0 saturated heterocycles. The van der Waals surface area contributed by atoms with Crippen molar-refractivity contribution >= 4 is 40.6 Å². The van der Waals surface area contributed by atoms with Crippen molar-refractivity contribution in [3.8, 4) is 0 Å². The molecule has 116 valence electrons. The Kier molecular flexibility index (Phi) is 6.73. The van der Waals surface area contributed by atoms with E-state index in [-0.39, 0.29) is 28.0 Å². The van der Waals surface area contributed by atoms with E-state index in [9.17, 15) is 14.9 Å². The molecule has 1 unspecified atom stereocenters. The van der Waals surface area contributed by atoms with Gasteiger partial charge in [-0.25, -0.2) is 0 Å². The third-order valence-corrected chi connectivity index (χ3v) is 4.06. The van der Waals surface area contributed by atoms with E-state index < -0.39 is 10.8 Å². The van der Waals surface area contributed by atoms with E-state index in [0.29, 0.717) is 0 Å². The summed E-state index contributed by atoms with van der Waals surface area (Å²) in [6.45, 7) is 3.90. The van der Waals surface area contributed by atoms with E-state index in [1.54, 1.807) is 11.8 Å². The molecule has 0 radical (unpaired) electrons. The molecule has 9 heteroatoms. The molecule has 7 nitrogen and oxygen atoms in total. The smallest absolute Gasteiger partial charge is 0.295 e. The summed E-state index contributed by atoms with van der Waals surface area (Å²) >= 11 is 7.61. The maximum atomic E-state index is 12.1. The van der Waals surface area contributed by atoms with Crippen molar-refractivity contribution in [3.63, 3.8) is 0 Å². The number of carbonyl (C=O) groups is 1. The van der Waals surface area contributed by atoms with Crippen LogP contribution in [0.2, 0.25) is 5.02 Å². The molecule has 0 saturated carbocycles. The number of thioether (sulfide) groups is 1. The van der Waals surface area contributed by atoms with Gasteiger partial charge in [-0.2, -0.15) is 11.8 Å². The van der Waals surface area contributed by atoms with Gasteiger partial charge in [0.1, 0.15) is 5.69 Å². The first-order valence-corrected chi connectivity index (χ1v) is 7.77. The number of nitrogens with zero attached hydrogens (tertiary/aromatic N) is 1. The minimum atomic E-state index is -0.645. The van der Waals surface area contributed by atoms with Gasteiger partial charge in [-0.1, -0.05) is 18.5 Å². The number of nitro groups is 1. The van der Waals surface area contributed by atoms with E-state index in [4.69, 9.17) is 17.4 Å². The topological polar surface area (TPSA) is 110 Å². The van der Waals surface area contributed by atoms with E-state index in [1.165, 1.54) is 6.07 Å². The molecular weight excluding hydrogens is 316 g/mol. The van der Waals surface area contributed by atoms with Crippen molar-refractivity contribution in [1.82, 2.24) is 5.32 Å². The van der Waals surface area contributed by atoms with Gasteiger partial charge in [0, 0.05) is 23.4 Å². The minimum Gasteiger partial charge on any atom is -0.349 e. The Bertz CT molecular complexity index is 541. The molecular formula is C12H17ClN4O3S. The highest BCUT2D eigenvalue weighted by Crippen LogP contribution is 2.32. The molecule has 0 aliphatic carbocycles. The number of nitrogens with two attached hydrogens (primary N) is 1. The fourth-order valence-corrected chi connectivity index (χ4v) is 2.60. The predicted octanol–water partition coefficient (Wildman–Crippen LogP) is 2.41. The molecule has 1 rings (SSSR count). The van der Waals surface area contributed by atoms with Gasteiger partial charge in [0.15, 0.2) is 0 Å². The maximum absolute atomic E-state index is 12.1. The molecule has 0 bridgehead atoms. The number of nitrogens with one attached hydrogen (secondary N) is 2. The van der Waals surface area contributed by atoms with Crippen molar-refractivity contribution in [2.45, 2.75) is 19.9 Å². The summed E-state index contributed by atoms with van der Waals surface area (Å²) in [5, 5.41) is 13.8. The summed E-state index contributed by atoms with van der Waals surface area (Å²) in [5.41, 5.74) is 1.93. The van der Waals surface area contributed by atoms with Gasteiger partial charge >= 0.3 is 0 Å². The molecule has 0 fully saturated rings. The van der Waals surface area contributed by atoms with Gasteiger partial charge in [0.05, 0.1) is 9.95 Å². The van der Waals surface area contributed by atoms with Crippen LogP contribution in [0.25, 0.3) is 0 Å². The normalized spacial score (nSPS) is 11.8. The van der Waals surface area contributed by atoms with E-state index in [0.717, 1.165) is 17.6 Å². The average molecular weight is 333 g/mol. The van der Waals surface area contributed by atoms with Crippen LogP contribution in [0, 0.1) is 10.1 Å². The minimum absolute atomic E-state index is 0.0206. The molecule has 1 atom stereocenters. The summed E-state index contributed by atoms with van der Waals surface area (Å²) in [7, 11) is 0. The quantitative estimate of drug-likeness (QED) is 0.402. The van der Waals surface area contributed by atoms with Crippen LogP contribution in [0.15, 0.2) is 12.1 Å². The molecule has 4 N–H and O–H groups in total. The highest BCUT2D eigenvalue weighted by atomic mass is 35.5. The summed E-state index contributed by atoms with van der Waals surface area (Å²) < 4.78 is 0. The fraction of sp³-hybridized carbons (Fsp3) is 0.417. The van der Waals surface area contributed by atoms with Gasteiger partial charge in [-0.05, 0) is 18.7 Å². The first-order valence-electron chi connectivity index (χ1n) is 6.23. The SMILES string of the molecule is CCSCC(C)NC(=O)c1cc(Cl)c(NN)c([N+](=O)[O-])c1. The number of hydrogen-bond acceptors (Lipinski definition) is 6. The number of halogens is 1. The molecule has 0 aromatic heterocycles. The van der Waals surface area contributed by atoms with Crippen molar-refractivity contribution in [2.75, 3.05) is 16.9 Å². The Hall–Kier alpha value is -1.51. The Morgan fingerprint density at radius 1 is 1.57 bits per heavy atom. The molecule has 0 aliphatic rings. The number of anilines is 1. The van der Waals surface area contributed by atoms with Crippen LogP contribution < -0.4 is 16.6 Å². The van der Waals surface area contributed by atoms with Crippen molar-refractivity contribution in [3.05, 3.63) is 32.8 Å². The Balaban J connectivity index is 2.98. The lowest BCUT2D eigenvalue weighted by molar-refractivity contribution is -0.384. The molecule has 1 aromatic rings. The molecule has 0 spiro atoms. The first-order chi connectivity index (χ1) is 9.90. The largest absolute Gasteiger partial charge is 0.349 e.